The summed E-state index contributed by atoms with van der Waals surface area (Å²) < 4.78 is 5.91. The molecule has 2 N–H and O–H groups in total. The van der Waals surface area contributed by atoms with E-state index in [0.29, 0.717) is 0 Å². The highest BCUT2D eigenvalue weighted by Crippen LogP contribution is 2.29. The lowest BCUT2D eigenvalue weighted by molar-refractivity contribution is -0.153. The van der Waals surface area contributed by atoms with Crippen LogP contribution in [0.1, 0.15) is 6.92 Å². The van der Waals surface area contributed by atoms with Gasteiger partial charge >= 0.3 is 11.7 Å². The average molecular weight is 386 g/mol. The van der Waals surface area contributed by atoms with E-state index in [2.05, 4.69) is 5.32 Å². The van der Waals surface area contributed by atoms with Crippen LogP contribution in [-0.2, 0) is 20.9 Å². The number of aromatic nitrogens is 2. The van der Waals surface area contributed by atoms with Crippen LogP contribution in [0.25, 0.3) is 0 Å². The largest absolute Gasteiger partial charge is 0.451 e. The highest BCUT2D eigenvalue weighted by atomic mass is 35.5. The van der Waals surface area contributed by atoms with Gasteiger partial charge in [0.15, 0.2) is 6.10 Å². The summed E-state index contributed by atoms with van der Waals surface area (Å²) in [6.45, 7) is 0.897. The van der Waals surface area contributed by atoms with E-state index in [1.165, 1.54) is 6.92 Å². The van der Waals surface area contributed by atoms with E-state index < -0.39 is 35.8 Å². The van der Waals surface area contributed by atoms with E-state index in [-0.39, 0.29) is 15.7 Å². The first-order valence-corrected chi connectivity index (χ1v) is 7.77. The number of halogens is 2. The molecule has 1 heterocycles. The van der Waals surface area contributed by atoms with Crippen molar-refractivity contribution < 1.29 is 14.3 Å². The summed E-state index contributed by atoms with van der Waals surface area (Å²) in [7, 11) is 0. The number of H-pyrrole nitrogens is 1. The van der Waals surface area contributed by atoms with Crippen LogP contribution in [-0.4, -0.2) is 27.5 Å². The number of amides is 1. The van der Waals surface area contributed by atoms with Gasteiger partial charge in [0, 0.05) is 12.3 Å². The number of ether oxygens (including phenoxy) is 1. The number of rotatable bonds is 5. The number of hydrogen-bond acceptors (Lipinski definition) is 5. The number of carbonyl (C=O) groups excluding carboxylic acids is 2. The number of esters is 1. The Kier molecular flexibility index (Phi) is 6.00. The van der Waals surface area contributed by atoms with Crippen LogP contribution < -0.4 is 16.6 Å². The Morgan fingerprint density at radius 2 is 1.88 bits per heavy atom. The third-order valence-corrected chi connectivity index (χ3v) is 3.71. The highest BCUT2D eigenvalue weighted by Gasteiger charge is 2.20. The van der Waals surface area contributed by atoms with Gasteiger partial charge in [0.25, 0.3) is 11.5 Å². The molecule has 0 saturated heterocycles. The van der Waals surface area contributed by atoms with E-state index in [9.17, 15) is 19.2 Å². The summed E-state index contributed by atoms with van der Waals surface area (Å²) in [5.41, 5.74) is -1.14. The maximum Gasteiger partial charge on any atom is 0.328 e. The first-order chi connectivity index (χ1) is 11.8. The molecule has 0 aliphatic carbocycles. The van der Waals surface area contributed by atoms with Gasteiger partial charge in [-0.15, -0.1) is 0 Å². The van der Waals surface area contributed by atoms with Gasteiger partial charge in [-0.05, 0) is 19.1 Å². The van der Waals surface area contributed by atoms with Gasteiger partial charge in [0.05, 0.1) is 15.7 Å². The molecule has 0 radical (unpaired) electrons. The molecule has 0 aliphatic rings. The molecule has 8 nitrogen and oxygen atoms in total. The molecule has 0 aliphatic heterocycles. The van der Waals surface area contributed by atoms with Gasteiger partial charge in [-0.25, -0.2) is 4.79 Å². The fourth-order valence-corrected chi connectivity index (χ4v) is 2.33. The number of nitrogens with one attached hydrogen (secondary N) is 2. The second-order valence-corrected chi connectivity index (χ2v) is 5.77. The van der Waals surface area contributed by atoms with Crippen molar-refractivity contribution in [3.63, 3.8) is 0 Å². The van der Waals surface area contributed by atoms with E-state index in [0.717, 1.165) is 16.8 Å². The molecule has 1 aromatic heterocycles. The van der Waals surface area contributed by atoms with Crippen molar-refractivity contribution in [3.8, 4) is 0 Å². The lowest BCUT2D eigenvalue weighted by Crippen LogP contribution is -2.35. The number of para-hydroxylation sites is 1. The molecule has 0 fully saturated rings. The SMILES string of the molecule is C[C@@H](OC(=O)Cn1ccc(=O)[nH]c1=O)C(=O)Nc1c(Cl)cccc1Cl. The normalized spacial score (nSPS) is 11.6. The molecule has 0 unspecified atom stereocenters. The van der Waals surface area contributed by atoms with Crippen molar-refractivity contribution in [1.82, 2.24) is 9.55 Å². The first kappa shape index (κ1) is 18.8. The Hall–Kier alpha value is -2.58. The van der Waals surface area contributed by atoms with Gasteiger partial charge in [-0.3, -0.25) is 23.9 Å². The molecule has 1 atom stereocenters. The number of hydrogen-bond donors (Lipinski definition) is 2. The molecule has 25 heavy (non-hydrogen) atoms. The summed E-state index contributed by atoms with van der Waals surface area (Å²) in [5.74, 6) is -1.47. The lowest BCUT2D eigenvalue weighted by Gasteiger charge is -2.15. The molecule has 10 heteroatoms. The second-order valence-electron chi connectivity index (χ2n) is 4.96. The number of aromatic amines is 1. The molecule has 0 bridgehead atoms. The number of nitrogens with zero attached hydrogens (tertiary/aromatic N) is 1. The second kappa shape index (κ2) is 8.00. The van der Waals surface area contributed by atoms with Crippen LogP contribution in [0.2, 0.25) is 10.0 Å². The quantitative estimate of drug-likeness (QED) is 0.756. The van der Waals surface area contributed by atoms with Crippen LogP contribution >= 0.6 is 23.2 Å². The van der Waals surface area contributed by atoms with Crippen molar-refractivity contribution in [2.45, 2.75) is 19.6 Å². The third kappa shape index (κ3) is 4.94. The minimum absolute atomic E-state index is 0.204. The fraction of sp³-hybridized carbons (Fsp3) is 0.200. The Labute approximate surface area is 151 Å². The average Bonchev–Trinajstić information content (AvgIpc) is 2.53. The number of benzene rings is 1. The number of anilines is 1. The Bertz CT molecular complexity index is 902. The van der Waals surface area contributed by atoms with Crippen molar-refractivity contribution in [2.24, 2.45) is 0 Å². The van der Waals surface area contributed by atoms with Crippen molar-refractivity contribution >= 4 is 40.8 Å². The minimum Gasteiger partial charge on any atom is -0.451 e. The lowest BCUT2D eigenvalue weighted by atomic mass is 10.3. The van der Waals surface area contributed by atoms with Crippen LogP contribution in [0.3, 0.4) is 0 Å². The molecule has 132 valence electrons. The zero-order valence-electron chi connectivity index (χ0n) is 12.9. The molecular formula is C15H13Cl2N3O5. The van der Waals surface area contributed by atoms with E-state index in [1.807, 2.05) is 4.98 Å². The molecule has 0 spiro atoms. The van der Waals surface area contributed by atoms with Gasteiger partial charge < -0.3 is 10.1 Å². The Balaban J connectivity index is 1.99. The van der Waals surface area contributed by atoms with Gasteiger partial charge in [0.1, 0.15) is 6.54 Å². The van der Waals surface area contributed by atoms with Crippen LogP contribution in [0, 0.1) is 0 Å². The molecule has 1 aromatic carbocycles. The summed E-state index contributed by atoms with van der Waals surface area (Å²) in [5, 5.41) is 2.94. The van der Waals surface area contributed by atoms with E-state index in [1.54, 1.807) is 18.2 Å². The zero-order valence-corrected chi connectivity index (χ0v) is 14.4. The van der Waals surface area contributed by atoms with Gasteiger partial charge in [0.2, 0.25) is 0 Å². The van der Waals surface area contributed by atoms with Crippen LogP contribution in [0.4, 0.5) is 5.69 Å². The fourth-order valence-electron chi connectivity index (χ4n) is 1.84. The van der Waals surface area contributed by atoms with Gasteiger partial charge in [-0.1, -0.05) is 29.3 Å². The molecule has 2 rings (SSSR count). The summed E-state index contributed by atoms with van der Waals surface area (Å²) in [4.78, 5) is 48.4. The van der Waals surface area contributed by atoms with Crippen molar-refractivity contribution in [1.29, 1.82) is 0 Å². The molecule has 2 aromatic rings. The van der Waals surface area contributed by atoms with Crippen molar-refractivity contribution in [2.75, 3.05) is 5.32 Å². The minimum atomic E-state index is -1.15. The first-order valence-electron chi connectivity index (χ1n) is 7.02. The van der Waals surface area contributed by atoms with E-state index >= 15 is 0 Å². The monoisotopic (exact) mass is 385 g/mol. The summed E-state index contributed by atoms with van der Waals surface area (Å²) in [6.07, 6.45) is -0.00487. The third-order valence-electron chi connectivity index (χ3n) is 3.08. The van der Waals surface area contributed by atoms with Crippen molar-refractivity contribution in [3.05, 3.63) is 61.3 Å². The standard InChI is InChI=1S/C15H13Cl2N3O5/c1-8(14(23)19-13-9(16)3-2-4-10(13)17)25-12(22)7-20-6-5-11(21)18-15(20)24/h2-6,8H,7H2,1H3,(H,19,23)(H,18,21,24)/t8-/m1/s1. The Morgan fingerprint density at radius 1 is 1.24 bits per heavy atom. The summed E-state index contributed by atoms with van der Waals surface area (Å²) >= 11 is 11.9. The van der Waals surface area contributed by atoms with Crippen LogP contribution in [0.15, 0.2) is 40.1 Å². The van der Waals surface area contributed by atoms with Crippen LogP contribution in [0.5, 0.6) is 0 Å². The predicted molar refractivity (Wildman–Crippen MR) is 92.0 cm³/mol. The number of carbonyl (C=O) groups is 2. The van der Waals surface area contributed by atoms with E-state index in [4.69, 9.17) is 27.9 Å². The van der Waals surface area contributed by atoms with Gasteiger partial charge in [-0.2, -0.15) is 0 Å². The Morgan fingerprint density at radius 3 is 2.48 bits per heavy atom. The topological polar surface area (TPSA) is 110 Å². The zero-order chi connectivity index (χ0) is 18.6. The maximum absolute atomic E-state index is 12.1. The molecule has 1 amide bonds. The maximum atomic E-state index is 12.1. The highest BCUT2D eigenvalue weighted by molar-refractivity contribution is 6.39. The summed E-state index contributed by atoms with van der Waals surface area (Å²) in [6, 6.07) is 5.79. The molecular weight excluding hydrogens is 373 g/mol. The predicted octanol–water partition coefficient (Wildman–Crippen LogP) is 1.41. The molecule has 0 saturated carbocycles. The smallest absolute Gasteiger partial charge is 0.328 e.